The molecule has 1 aliphatic rings. The average molecular weight is 430 g/mol. The molecule has 0 aromatic heterocycles. The van der Waals surface area contributed by atoms with E-state index >= 15 is 0 Å². The van der Waals surface area contributed by atoms with E-state index in [4.69, 9.17) is 24.2 Å². The monoisotopic (exact) mass is 430 g/mol. The lowest BCUT2D eigenvalue weighted by atomic mass is 10.1. The van der Waals surface area contributed by atoms with Crippen LogP contribution >= 0.6 is 0 Å². The summed E-state index contributed by atoms with van der Waals surface area (Å²) in [7, 11) is 2.74. The standard InChI is InChI=1S/C21H16F2N2O6/c1-27-17-10-12(3-5-15(17)29-8-7-24)9-14-20(26)31-19(25-14)13-4-6-16(30-21(22)23)18(11-13)28-2/h3-6,9-11,21H,8H2,1-2H3/b14-9-. The zero-order chi connectivity index (χ0) is 22.4. The zero-order valence-corrected chi connectivity index (χ0v) is 16.4. The van der Waals surface area contributed by atoms with E-state index < -0.39 is 12.6 Å². The Morgan fingerprint density at radius 3 is 2.48 bits per heavy atom. The second-order valence-electron chi connectivity index (χ2n) is 5.94. The maximum Gasteiger partial charge on any atom is 0.387 e. The van der Waals surface area contributed by atoms with E-state index in [0.717, 1.165) is 0 Å². The van der Waals surface area contributed by atoms with Crippen LogP contribution in [-0.2, 0) is 9.53 Å². The molecule has 160 valence electrons. The molecule has 0 atom stereocenters. The Hall–Kier alpha value is -4.13. The van der Waals surface area contributed by atoms with Gasteiger partial charge in [-0.3, -0.25) is 0 Å². The van der Waals surface area contributed by atoms with Crippen LogP contribution in [-0.4, -0.2) is 39.3 Å². The van der Waals surface area contributed by atoms with Crippen molar-refractivity contribution in [3.63, 3.8) is 0 Å². The molecule has 0 saturated carbocycles. The van der Waals surface area contributed by atoms with E-state index in [0.29, 0.717) is 22.6 Å². The van der Waals surface area contributed by atoms with Crippen molar-refractivity contribution < 1.29 is 37.3 Å². The highest BCUT2D eigenvalue weighted by Crippen LogP contribution is 2.32. The van der Waals surface area contributed by atoms with Gasteiger partial charge in [-0.25, -0.2) is 9.79 Å². The summed E-state index contributed by atoms with van der Waals surface area (Å²) in [6.45, 7) is -3.15. The summed E-state index contributed by atoms with van der Waals surface area (Å²) < 4.78 is 50.1. The first kappa shape index (κ1) is 21.6. The molecule has 0 fully saturated rings. The number of hydrogen-bond acceptors (Lipinski definition) is 8. The zero-order valence-electron chi connectivity index (χ0n) is 16.4. The Morgan fingerprint density at radius 2 is 1.81 bits per heavy atom. The summed E-state index contributed by atoms with van der Waals surface area (Å²) in [5, 5.41) is 8.63. The molecule has 2 aromatic carbocycles. The summed E-state index contributed by atoms with van der Waals surface area (Å²) in [6, 6.07) is 10.8. The molecule has 0 radical (unpaired) electrons. The molecule has 0 spiro atoms. The molecule has 0 N–H and O–H groups in total. The number of rotatable bonds is 8. The number of nitrogens with zero attached hydrogens (tertiary/aromatic N) is 2. The average Bonchev–Trinajstić information content (AvgIpc) is 3.12. The predicted octanol–water partition coefficient (Wildman–Crippen LogP) is 3.55. The molecular formula is C21H16F2N2O6. The number of cyclic esters (lactones) is 1. The highest BCUT2D eigenvalue weighted by atomic mass is 19.3. The Labute approximate surface area is 175 Å². The molecule has 31 heavy (non-hydrogen) atoms. The second kappa shape index (κ2) is 9.58. The quantitative estimate of drug-likeness (QED) is 0.466. The largest absolute Gasteiger partial charge is 0.493 e. The van der Waals surface area contributed by atoms with E-state index in [1.807, 2.05) is 6.07 Å². The van der Waals surface area contributed by atoms with Crippen molar-refractivity contribution in [2.45, 2.75) is 6.61 Å². The number of carbonyl (C=O) groups excluding carboxylic acids is 1. The van der Waals surface area contributed by atoms with Gasteiger partial charge in [-0.1, -0.05) is 6.07 Å². The lowest BCUT2D eigenvalue weighted by molar-refractivity contribution is -0.129. The third-order valence-corrected chi connectivity index (χ3v) is 4.03. The van der Waals surface area contributed by atoms with Crippen LogP contribution < -0.4 is 18.9 Å². The molecule has 8 nitrogen and oxygen atoms in total. The van der Waals surface area contributed by atoms with Gasteiger partial charge in [0.15, 0.2) is 35.3 Å². The molecule has 2 aromatic rings. The Kier molecular flexibility index (Phi) is 6.67. The maximum absolute atomic E-state index is 12.5. The van der Waals surface area contributed by atoms with Crippen LogP contribution in [0.5, 0.6) is 23.0 Å². The van der Waals surface area contributed by atoms with E-state index in [1.165, 1.54) is 38.5 Å². The smallest absolute Gasteiger partial charge is 0.387 e. The van der Waals surface area contributed by atoms with Crippen molar-refractivity contribution in [1.82, 2.24) is 0 Å². The number of hydrogen-bond donors (Lipinski definition) is 0. The normalized spacial score (nSPS) is 14.1. The lowest BCUT2D eigenvalue weighted by Crippen LogP contribution is -2.07. The van der Waals surface area contributed by atoms with Crippen molar-refractivity contribution in [2.24, 2.45) is 4.99 Å². The van der Waals surface area contributed by atoms with E-state index in [1.54, 1.807) is 18.2 Å². The minimum Gasteiger partial charge on any atom is -0.493 e. The second-order valence-corrected chi connectivity index (χ2v) is 5.94. The topological polar surface area (TPSA) is 99.4 Å². The van der Waals surface area contributed by atoms with Crippen molar-refractivity contribution in [2.75, 3.05) is 20.8 Å². The third-order valence-electron chi connectivity index (χ3n) is 4.03. The van der Waals surface area contributed by atoms with Gasteiger partial charge in [-0.2, -0.15) is 14.0 Å². The molecular weight excluding hydrogens is 414 g/mol. The van der Waals surface area contributed by atoms with Crippen LogP contribution in [0.1, 0.15) is 11.1 Å². The minimum atomic E-state index is -3.01. The van der Waals surface area contributed by atoms with Crippen LogP contribution in [0.4, 0.5) is 8.78 Å². The van der Waals surface area contributed by atoms with Crippen molar-refractivity contribution in [3.8, 4) is 29.1 Å². The Morgan fingerprint density at radius 1 is 1.10 bits per heavy atom. The van der Waals surface area contributed by atoms with Gasteiger partial charge < -0.3 is 23.7 Å². The number of methoxy groups -OCH3 is 2. The number of alkyl halides is 2. The van der Waals surface area contributed by atoms with Gasteiger partial charge >= 0.3 is 12.6 Å². The molecule has 0 unspecified atom stereocenters. The van der Waals surface area contributed by atoms with Crippen LogP contribution in [0.25, 0.3) is 6.08 Å². The summed E-state index contributed by atoms with van der Waals surface area (Å²) >= 11 is 0. The first-order chi connectivity index (χ1) is 14.9. The number of halogens is 2. The first-order valence-electron chi connectivity index (χ1n) is 8.78. The molecule has 0 aliphatic carbocycles. The molecule has 1 heterocycles. The van der Waals surface area contributed by atoms with E-state index in [9.17, 15) is 13.6 Å². The molecule has 1 aliphatic heterocycles. The lowest BCUT2D eigenvalue weighted by Gasteiger charge is -2.10. The molecule has 0 bridgehead atoms. The molecule has 0 saturated heterocycles. The van der Waals surface area contributed by atoms with Crippen LogP contribution in [0.3, 0.4) is 0 Å². The number of benzene rings is 2. The third kappa shape index (κ3) is 5.08. The Bertz CT molecular complexity index is 1090. The number of ether oxygens (including phenoxy) is 5. The van der Waals surface area contributed by atoms with Gasteiger partial charge in [-0.05, 0) is 42.0 Å². The van der Waals surface area contributed by atoms with Crippen molar-refractivity contribution in [1.29, 1.82) is 5.26 Å². The highest BCUT2D eigenvalue weighted by molar-refractivity contribution is 6.13. The van der Waals surface area contributed by atoms with Crippen molar-refractivity contribution >= 4 is 17.9 Å². The predicted molar refractivity (Wildman–Crippen MR) is 104 cm³/mol. The van der Waals surface area contributed by atoms with Gasteiger partial charge in [0.1, 0.15) is 6.07 Å². The molecule has 0 amide bonds. The summed E-state index contributed by atoms with van der Waals surface area (Å²) in [5.74, 6) is -0.0775. The van der Waals surface area contributed by atoms with E-state index in [2.05, 4.69) is 9.73 Å². The first-order valence-corrected chi connectivity index (χ1v) is 8.78. The fraction of sp³-hybridized carbons (Fsp3) is 0.190. The van der Waals surface area contributed by atoms with Crippen LogP contribution in [0.2, 0.25) is 0 Å². The van der Waals surface area contributed by atoms with Gasteiger partial charge in [-0.15, -0.1) is 0 Å². The number of aliphatic imine (C=N–C) groups is 1. The number of esters is 1. The van der Waals surface area contributed by atoms with Gasteiger partial charge in [0.2, 0.25) is 5.90 Å². The fourth-order valence-electron chi connectivity index (χ4n) is 2.69. The minimum absolute atomic E-state index is 0.0147. The van der Waals surface area contributed by atoms with Crippen LogP contribution in [0, 0.1) is 11.3 Å². The van der Waals surface area contributed by atoms with Crippen LogP contribution in [0.15, 0.2) is 47.1 Å². The summed E-state index contributed by atoms with van der Waals surface area (Å²) in [5.41, 5.74) is 0.944. The molecule has 10 heteroatoms. The molecule has 3 rings (SSSR count). The Balaban J connectivity index is 1.88. The number of nitriles is 1. The van der Waals surface area contributed by atoms with Crippen molar-refractivity contribution in [3.05, 3.63) is 53.2 Å². The SMILES string of the molecule is COc1cc(/C=C2\N=C(c3ccc(OC(F)F)c(OC)c3)OC2=O)ccc1OCC#N. The summed E-state index contributed by atoms with van der Waals surface area (Å²) in [4.78, 5) is 16.4. The fourth-order valence-corrected chi connectivity index (χ4v) is 2.69. The van der Waals surface area contributed by atoms with E-state index in [-0.39, 0.29) is 29.7 Å². The van der Waals surface area contributed by atoms with Gasteiger partial charge in [0.05, 0.1) is 14.2 Å². The van der Waals surface area contributed by atoms with Gasteiger partial charge in [0.25, 0.3) is 0 Å². The van der Waals surface area contributed by atoms with Gasteiger partial charge in [0, 0.05) is 5.56 Å². The number of carbonyl (C=O) groups is 1. The maximum atomic E-state index is 12.5. The highest BCUT2D eigenvalue weighted by Gasteiger charge is 2.25. The summed E-state index contributed by atoms with van der Waals surface area (Å²) in [6.07, 6.45) is 1.48.